The molecule has 0 spiro atoms. The van der Waals surface area contributed by atoms with Crippen LogP contribution in [0.4, 0.5) is 5.69 Å². The van der Waals surface area contributed by atoms with Crippen molar-refractivity contribution in [1.82, 2.24) is 10.3 Å². The predicted octanol–water partition coefficient (Wildman–Crippen LogP) is 3.17. The van der Waals surface area contributed by atoms with Crippen molar-refractivity contribution in [2.75, 3.05) is 0 Å². The van der Waals surface area contributed by atoms with Crippen LogP contribution in [0.2, 0.25) is 0 Å². The number of non-ortho nitro benzene ring substituents is 1. The molecular formula is C19H18N4O5S. The molecule has 2 aromatic rings. The van der Waals surface area contributed by atoms with Gasteiger partial charge in [-0.1, -0.05) is 30.0 Å². The number of amidine groups is 1. The van der Waals surface area contributed by atoms with E-state index in [1.54, 1.807) is 18.2 Å². The van der Waals surface area contributed by atoms with Crippen molar-refractivity contribution in [2.24, 2.45) is 5.10 Å². The van der Waals surface area contributed by atoms with E-state index in [0.717, 1.165) is 11.1 Å². The molecule has 0 bridgehead atoms. The fourth-order valence-electron chi connectivity index (χ4n) is 2.66. The smallest absolute Gasteiger partial charge is 0.269 e. The fourth-order valence-corrected chi connectivity index (χ4v) is 3.82. The number of rotatable bonds is 5. The quantitative estimate of drug-likeness (QED) is 0.594. The molecule has 1 heterocycles. The molecule has 150 valence electrons. The number of carbonyl (C=O) groups is 2. The number of para-hydroxylation sites is 1. The molecule has 0 unspecified atom stereocenters. The lowest BCUT2D eigenvalue weighted by molar-refractivity contribution is -0.384. The Morgan fingerprint density at radius 3 is 2.52 bits per heavy atom. The third-order valence-electron chi connectivity index (χ3n) is 3.98. The van der Waals surface area contributed by atoms with E-state index < -0.39 is 10.3 Å². The van der Waals surface area contributed by atoms with Gasteiger partial charge in [-0.2, -0.15) is 0 Å². The van der Waals surface area contributed by atoms with E-state index in [1.807, 2.05) is 18.2 Å². The molecule has 2 amide bonds. The number of thioether (sulfide) groups is 1. The first kappa shape index (κ1) is 20.3. The number of nitro groups is 1. The fraction of sp³-hybridized carbons (Fsp3) is 0.211. The van der Waals surface area contributed by atoms with Crippen molar-refractivity contribution in [1.29, 1.82) is 0 Å². The molecule has 0 radical (unpaired) electrons. The van der Waals surface area contributed by atoms with Gasteiger partial charge in [-0.15, -0.1) is 5.10 Å². The van der Waals surface area contributed by atoms with Gasteiger partial charge in [-0.05, 0) is 23.8 Å². The molecule has 1 aliphatic heterocycles. The number of hydrazone groups is 1. The Kier molecular flexibility index (Phi) is 6.13. The summed E-state index contributed by atoms with van der Waals surface area (Å²) in [5.41, 5.74) is 1.50. The second-order valence-electron chi connectivity index (χ2n) is 6.17. The van der Waals surface area contributed by atoms with E-state index in [1.165, 1.54) is 42.8 Å². The maximum Gasteiger partial charge on any atom is 0.269 e. The number of carbonyl (C=O) groups excluding carboxylic acids is 2. The zero-order chi connectivity index (χ0) is 21.0. The normalized spacial score (nSPS) is 15.6. The van der Waals surface area contributed by atoms with E-state index >= 15 is 0 Å². The topological polar surface area (TPSA) is 114 Å². The summed E-state index contributed by atoms with van der Waals surface area (Å²) < 4.78 is 5.92. The number of nitrogens with one attached hydrogen (secondary N) is 1. The molecule has 1 aliphatic rings. The minimum absolute atomic E-state index is 0.0104. The molecule has 0 saturated heterocycles. The van der Waals surface area contributed by atoms with Gasteiger partial charge >= 0.3 is 0 Å². The van der Waals surface area contributed by atoms with Crippen LogP contribution in [-0.4, -0.2) is 26.9 Å². The number of nitro benzene ring substituents is 1. The van der Waals surface area contributed by atoms with Crippen LogP contribution in [0.5, 0.6) is 5.75 Å². The van der Waals surface area contributed by atoms with E-state index in [4.69, 9.17) is 4.74 Å². The third-order valence-corrected chi connectivity index (χ3v) is 5.06. The van der Waals surface area contributed by atoms with E-state index in [2.05, 4.69) is 10.4 Å². The van der Waals surface area contributed by atoms with Gasteiger partial charge in [0.25, 0.3) is 5.69 Å². The molecular weight excluding hydrogens is 396 g/mol. The molecule has 1 atom stereocenters. The Balaban J connectivity index is 1.78. The molecule has 29 heavy (non-hydrogen) atoms. The Morgan fingerprint density at radius 1 is 1.21 bits per heavy atom. The largest absolute Gasteiger partial charge is 0.489 e. The zero-order valence-corrected chi connectivity index (χ0v) is 16.5. The van der Waals surface area contributed by atoms with Crippen LogP contribution in [0, 0.1) is 10.1 Å². The average Bonchev–Trinajstić information content (AvgIpc) is 3.10. The second kappa shape index (κ2) is 8.74. The molecule has 9 nitrogen and oxygen atoms in total. The lowest BCUT2D eigenvalue weighted by Gasteiger charge is -2.21. The summed E-state index contributed by atoms with van der Waals surface area (Å²) in [4.78, 5) is 33.7. The predicted molar refractivity (Wildman–Crippen MR) is 108 cm³/mol. The van der Waals surface area contributed by atoms with Crippen LogP contribution in [-0.2, 0) is 16.2 Å². The van der Waals surface area contributed by atoms with Crippen LogP contribution in [0.25, 0.3) is 0 Å². The summed E-state index contributed by atoms with van der Waals surface area (Å²) in [5, 5.41) is 18.7. The highest BCUT2D eigenvalue weighted by Crippen LogP contribution is 2.42. The van der Waals surface area contributed by atoms with Gasteiger partial charge in [0, 0.05) is 31.5 Å². The van der Waals surface area contributed by atoms with E-state index in [-0.39, 0.29) is 24.1 Å². The highest BCUT2D eigenvalue weighted by atomic mass is 32.2. The van der Waals surface area contributed by atoms with Crippen molar-refractivity contribution >= 4 is 34.4 Å². The molecule has 3 rings (SSSR count). The second-order valence-corrected chi connectivity index (χ2v) is 7.24. The van der Waals surface area contributed by atoms with Crippen molar-refractivity contribution < 1.29 is 19.2 Å². The molecule has 0 aliphatic carbocycles. The van der Waals surface area contributed by atoms with Crippen molar-refractivity contribution in [2.45, 2.75) is 25.8 Å². The molecule has 10 heteroatoms. The van der Waals surface area contributed by atoms with Crippen LogP contribution in [0.1, 0.15) is 30.3 Å². The van der Waals surface area contributed by atoms with Crippen LogP contribution < -0.4 is 10.1 Å². The van der Waals surface area contributed by atoms with Gasteiger partial charge in [0.2, 0.25) is 11.8 Å². The minimum Gasteiger partial charge on any atom is -0.489 e. The number of hydrogen-bond acceptors (Lipinski definition) is 7. The average molecular weight is 414 g/mol. The third kappa shape index (κ3) is 4.91. The Morgan fingerprint density at radius 2 is 1.90 bits per heavy atom. The Hall–Kier alpha value is -3.40. The Bertz CT molecular complexity index is 977. The van der Waals surface area contributed by atoms with Gasteiger partial charge in [-0.3, -0.25) is 19.7 Å². The number of ether oxygens (including phenoxy) is 1. The summed E-state index contributed by atoms with van der Waals surface area (Å²) in [5.74, 6) is 0.00464. The van der Waals surface area contributed by atoms with Gasteiger partial charge in [0.1, 0.15) is 17.7 Å². The van der Waals surface area contributed by atoms with Gasteiger partial charge in [0.05, 0.1) is 4.92 Å². The number of benzene rings is 2. The molecule has 0 saturated carbocycles. The van der Waals surface area contributed by atoms with E-state index in [0.29, 0.717) is 10.9 Å². The van der Waals surface area contributed by atoms with Crippen LogP contribution in [0.3, 0.4) is 0 Å². The molecule has 1 N–H and O–H groups in total. The summed E-state index contributed by atoms with van der Waals surface area (Å²) in [6.07, 6.45) is 0. The number of nitrogens with zero attached hydrogens (tertiary/aromatic N) is 3. The zero-order valence-electron chi connectivity index (χ0n) is 15.7. The van der Waals surface area contributed by atoms with Crippen molar-refractivity contribution in [3.05, 3.63) is 69.8 Å². The van der Waals surface area contributed by atoms with Crippen LogP contribution >= 0.6 is 11.8 Å². The minimum atomic E-state index is -0.484. The van der Waals surface area contributed by atoms with Crippen molar-refractivity contribution in [3.63, 3.8) is 0 Å². The highest BCUT2D eigenvalue weighted by Gasteiger charge is 2.34. The first-order chi connectivity index (χ1) is 13.8. The molecule has 0 aromatic heterocycles. The lowest BCUT2D eigenvalue weighted by atomic mass is 10.2. The monoisotopic (exact) mass is 414 g/mol. The van der Waals surface area contributed by atoms with Crippen molar-refractivity contribution in [3.8, 4) is 5.75 Å². The summed E-state index contributed by atoms with van der Waals surface area (Å²) >= 11 is 1.24. The molecule has 2 aromatic carbocycles. The molecule has 0 fully saturated rings. The standard InChI is InChI=1S/C19H18N4O5S/c1-12(24)20-19-21-22(13(2)25)18(29-19)16-5-3-4-6-17(16)28-11-14-7-9-15(10-8-14)23(26)27/h3-10,18H,11H2,1-2H3,(H,20,21,24)/t18-/m0/s1. The lowest BCUT2D eigenvalue weighted by Crippen LogP contribution is -2.25. The highest BCUT2D eigenvalue weighted by molar-refractivity contribution is 8.14. The summed E-state index contributed by atoms with van der Waals surface area (Å²) in [6, 6.07) is 13.3. The maximum absolute atomic E-state index is 12.0. The summed E-state index contributed by atoms with van der Waals surface area (Å²) in [6.45, 7) is 2.97. The van der Waals surface area contributed by atoms with Gasteiger partial charge in [0.15, 0.2) is 5.17 Å². The van der Waals surface area contributed by atoms with E-state index in [9.17, 15) is 19.7 Å². The first-order valence-electron chi connectivity index (χ1n) is 8.63. The SMILES string of the molecule is CC(=O)NC1=NN(C(C)=O)[C@H](c2ccccc2OCc2ccc([N+](=O)[O-])cc2)S1. The first-order valence-corrected chi connectivity index (χ1v) is 9.51. The van der Waals surface area contributed by atoms with Gasteiger partial charge in [-0.25, -0.2) is 5.01 Å². The number of hydrogen-bond donors (Lipinski definition) is 1. The summed E-state index contributed by atoms with van der Waals surface area (Å²) in [7, 11) is 0. The maximum atomic E-state index is 12.0. The van der Waals surface area contributed by atoms with Crippen LogP contribution in [0.15, 0.2) is 53.6 Å². The Labute approximate surface area is 170 Å². The number of amides is 2. The van der Waals surface area contributed by atoms with Gasteiger partial charge < -0.3 is 10.1 Å².